The van der Waals surface area contributed by atoms with E-state index in [1.165, 1.54) is 6.42 Å². The van der Waals surface area contributed by atoms with Crippen molar-refractivity contribution in [2.75, 3.05) is 19.7 Å². The summed E-state index contributed by atoms with van der Waals surface area (Å²) in [7, 11) is 0. The molecule has 0 aromatic heterocycles. The van der Waals surface area contributed by atoms with Gasteiger partial charge in [-0.3, -0.25) is 0 Å². The van der Waals surface area contributed by atoms with Gasteiger partial charge in [0.15, 0.2) is 0 Å². The van der Waals surface area contributed by atoms with Gasteiger partial charge in [-0.2, -0.15) is 0 Å². The van der Waals surface area contributed by atoms with Crippen LogP contribution < -0.4 is 5.32 Å². The number of aliphatic hydroxyl groups excluding tert-OH is 1. The highest BCUT2D eigenvalue weighted by Crippen LogP contribution is 2.10. The molecule has 16 heavy (non-hydrogen) atoms. The number of likely N-dealkylation sites (tertiary alicyclic amines) is 1. The number of hydrogen-bond acceptors (Lipinski definition) is 2. The minimum atomic E-state index is -0.102. The molecule has 4 heteroatoms. The summed E-state index contributed by atoms with van der Waals surface area (Å²) in [5, 5.41) is 12.1. The predicted molar refractivity (Wildman–Crippen MR) is 64.3 cm³/mol. The van der Waals surface area contributed by atoms with Crippen LogP contribution in [0.1, 0.15) is 39.5 Å². The second-order valence-electron chi connectivity index (χ2n) is 5.01. The van der Waals surface area contributed by atoms with Gasteiger partial charge in [-0.15, -0.1) is 0 Å². The highest BCUT2D eigenvalue weighted by molar-refractivity contribution is 5.74. The Balaban J connectivity index is 2.35. The minimum absolute atomic E-state index is 0.0144. The summed E-state index contributed by atoms with van der Waals surface area (Å²) >= 11 is 0. The van der Waals surface area contributed by atoms with Gasteiger partial charge >= 0.3 is 6.03 Å². The van der Waals surface area contributed by atoms with E-state index >= 15 is 0 Å². The molecule has 1 fully saturated rings. The van der Waals surface area contributed by atoms with Crippen molar-refractivity contribution in [3.05, 3.63) is 0 Å². The summed E-state index contributed by atoms with van der Waals surface area (Å²) in [5.74, 6) is 0.485. The molecule has 94 valence electrons. The SMILES string of the molecule is CC(C)CC(CO)NC(=O)N1CCCCC1. The largest absolute Gasteiger partial charge is 0.394 e. The summed E-state index contributed by atoms with van der Waals surface area (Å²) < 4.78 is 0. The van der Waals surface area contributed by atoms with Crippen LogP contribution in [0.3, 0.4) is 0 Å². The van der Waals surface area contributed by atoms with Crippen molar-refractivity contribution in [3.63, 3.8) is 0 Å². The van der Waals surface area contributed by atoms with E-state index in [1.807, 2.05) is 4.90 Å². The first-order chi connectivity index (χ1) is 7.63. The van der Waals surface area contributed by atoms with Crippen LogP contribution in [0.5, 0.6) is 0 Å². The summed E-state index contributed by atoms with van der Waals surface area (Å²) in [4.78, 5) is 13.7. The summed E-state index contributed by atoms with van der Waals surface area (Å²) in [6.45, 7) is 5.92. The Kier molecular flexibility index (Phi) is 5.60. The van der Waals surface area contributed by atoms with E-state index in [4.69, 9.17) is 0 Å². The molecule has 0 saturated carbocycles. The van der Waals surface area contributed by atoms with Crippen LogP contribution >= 0.6 is 0 Å². The van der Waals surface area contributed by atoms with Crippen LogP contribution in [0.2, 0.25) is 0 Å². The standard InChI is InChI=1S/C12H24N2O2/c1-10(2)8-11(9-15)13-12(16)14-6-4-3-5-7-14/h10-11,15H,3-9H2,1-2H3,(H,13,16). The summed E-state index contributed by atoms with van der Waals surface area (Å²) in [6, 6.07) is -0.117. The fourth-order valence-corrected chi connectivity index (χ4v) is 2.11. The third-order valence-electron chi connectivity index (χ3n) is 2.95. The van der Waals surface area contributed by atoms with E-state index in [2.05, 4.69) is 19.2 Å². The Bertz CT molecular complexity index is 213. The second-order valence-corrected chi connectivity index (χ2v) is 5.01. The van der Waals surface area contributed by atoms with Crippen molar-refractivity contribution >= 4 is 6.03 Å². The van der Waals surface area contributed by atoms with Gasteiger partial charge in [-0.05, 0) is 31.6 Å². The third-order valence-corrected chi connectivity index (χ3v) is 2.95. The maximum atomic E-state index is 11.9. The lowest BCUT2D eigenvalue weighted by atomic mass is 10.0. The first kappa shape index (κ1) is 13.3. The normalized spacial score (nSPS) is 18.6. The van der Waals surface area contributed by atoms with E-state index in [0.717, 1.165) is 32.4 Å². The molecule has 0 aromatic carbocycles. The molecule has 2 amide bonds. The maximum absolute atomic E-state index is 11.9. The Hall–Kier alpha value is -0.770. The number of piperidine rings is 1. The predicted octanol–water partition coefficient (Wildman–Crippen LogP) is 1.59. The zero-order valence-electron chi connectivity index (χ0n) is 10.4. The molecule has 0 bridgehead atoms. The molecule has 1 rings (SSSR count). The smallest absolute Gasteiger partial charge is 0.317 e. The Morgan fingerprint density at radius 2 is 1.94 bits per heavy atom. The van der Waals surface area contributed by atoms with Crippen molar-refractivity contribution in [2.45, 2.75) is 45.6 Å². The van der Waals surface area contributed by atoms with Crippen LogP contribution in [0.15, 0.2) is 0 Å². The van der Waals surface area contributed by atoms with Crippen LogP contribution in [-0.2, 0) is 0 Å². The van der Waals surface area contributed by atoms with Gasteiger partial charge in [0.2, 0.25) is 0 Å². The number of nitrogens with zero attached hydrogens (tertiary/aromatic N) is 1. The van der Waals surface area contributed by atoms with Crippen LogP contribution in [0, 0.1) is 5.92 Å². The average molecular weight is 228 g/mol. The quantitative estimate of drug-likeness (QED) is 0.767. The molecule has 2 N–H and O–H groups in total. The molecule has 4 nitrogen and oxygen atoms in total. The number of rotatable bonds is 4. The molecule has 0 radical (unpaired) electrons. The van der Waals surface area contributed by atoms with Gasteiger partial charge in [0.05, 0.1) is 12.6 Å². The lowest BCUT2D eigenvalue weighted by Crippen LogP contribution is -2.48. The lowest BCUT2D eigenvalue weighted by Gasteiger charge is -2.29. The lowest BCUT2D eigenvalue weighted by molar-refractivity contribution is 0.168. The Labute approximate surface area is 98.0 Å². The van der Waals surface area contributed by atoms with Crippen molar-refractivity contribution in [1.82, 2.24) is 10.2 Å². The molecule has 1 atom stereocenters. The molecular formula is C12H24N2O2. The minimum Gasteiger partial charge on any atom is -0.394 e. The third kappa shape index (κ3) is 4.39. The highest BCUT2D eigenvalue weighted by atomic mass is 16.3. The molecule has 1 saturated heterocycles. The van der Waals surface area contributed by atoms with Crippen molar-refractivity contribution in [1.29, 1.82) is 0 Å². The summed E-state index contributed by atoms with van der Waals surface area (Å²) in [6.07, 6.45) is 4.25. The molecule has 0 aromatic rings. The second kappa shape index (κ2) is 6.74. The number of aliphatic hydroxyl groups is 1. The van der Waals surface area contributed by atoms with E-state index in [0.29, 0.717) is 5.92 Å². The molecule has 0 spiro atoms. The zero-order valence-corrected chi connectivity index (χ0v) is 10.4. The fourth-order valence-electron chi connectivity index (χ4n) is 2.11. The number of urea groups is 1. The summed E-state index contributed by atoms with van der Waals surface area (Å²) in [5.41, 5.74) is 0. The number of amides is 2. The average Bonchev–Trinajstić information content (AvgIpc) is 2.28. The molecule has 1 aliphatic rings. The highest BCUT2D eigenvalue weighted by Gasteiger charge is 2.19. The Morgan fingerprint density at radius 1 is 1.31 bits per heavy atom. The topological polar surface area (TPSA) is 52.6 Å². The van der Waals surface area contributed by atoms with Crippen LogP contribution in [0.4, 0.5) is 4.79 Å². The van der Waals surface area contributed by atoms with E-state index in [9.17, 15) is 9.90 Å². The first-order valence-corrected chi connectivity index (χ1v) is 6.29. The van der Waals surface area contributed by atoms with Gasteiger partial charge in [0.1, 0.15) is 0 Å². The maximum Gasteiger partial charge on any atom is 0.317 e. The van der Waals surface area contributed by atoms with E-state index in [1.54, 1.807) is 0 Å². The molecular weight excluding hydrogens is 204 g/mol. The Morgan fingerprint density at radius 3 is 2.44 bits per heavy atom. The van der Waals surface area contributed by atoms with E-state index in [-0.39, 0.29) is 18.7 Å². The van der Waals surface area contributed by atoms with Gasteiger partial charge in [0.25, 0.3) is 0 Å². The number of nitrogens with one attached hydrogen (secondary N) is 1. The van der Waals surface area contributed by atoms with Crippen molar-refractivity contribution in [2.24, 2.45) is 5.92 Å². The number of carbonyl (C=O) groups is 1. The van der Waals surface area contributed by atoms with Crippen molar-refractivity contribution < 1.29 is 9.90 Å². The molecule has 1 heterocycles. The first-order valence-electron chi connectivity index (χ1n) is 6.29. The van der Waals surface area contributed by atoms with Crippen LogP contribution in [-0.4, -0.2) is 41.8 Å². The van der Waals surface area contributed by atoms with E-state index < -0.39 is 0 Å². The fraction of sp³-hybridized carbons (Fsp3) is 0.917. The molecule has 1 unspecified atom stereocenters. The van der Waals surface area contributed by atoms with Crippen molar-refractivity contribution in [3.8, 4) is 0 Å². The van der Waals surface area contributed by atoms with Gasteiger partial charge in [-0.1, -0.05) is 13.8 Å². The van der Waals surface area contributed by atoms with Crippen LogP contribution in [0.25, 0.3) is 0 Å². The molecule has 0 aliphatic carbocycles. The molecule has 1 aliphatic heterocycles. The monoisotopic (exact) mass is 228 g/mol. The number of carbonyl (C=O) groups excluding carboxylic acids is 1. The zero-order chi connectivity index (χ0) is 12.0. The van der Waals surface area contributed by atoms with Gasteiger partial charge in [-0.25, -0.2) is 4.79 Å². The number of hydrogen-bond donors (Lipinski definition) is 2. The van der Waals surface area contributed by atoms with Gasteiger partial charge < -0.3 is 15.3 Å². The van der Waals surface area contributed by atoms with Gasteiger partial charge in [0, 0.05) is 13.1 Å².